The molecule has 0 aromatic rings. The average Bonchev–Trinajstić information content (AvgIpc) is 2.09. The highest BCUT2D eigenvalue weighted by Crippen LogP contribution is 2.03. The normalized spacial score (nSPS) is 11.5. The summed E-state index contributed by atoms with van der Waals surface area (Å²) >= 11 is 0. The summed E-state index contributed by atoms with van der Waals surface area (Å²) in [6.45, 7) is 1.94. The first-order valence-electron chi connectivity index (χ1n) is 4.90. The molecule has 84 valence electrons. The topological polar surface area (TPSA) is 71.4 Å². The van der Waals surface area contributed by atoms with Gasteiger partial charge in [-0.05, 0) is 19.3 Å². The fourth-order valence-corrected chi connectivity index (χ4v) is 2.64. The molecule has 1 N–H and O–H groups in total. The molecule has 0 amide bonds. The van der Waals surface area contributed by atoms with Crippen LogP contribution in [0.5, 0.6) is 0 Å². The van der Waals surface area contributed by atoms with Gasteiger partial charge in [-0.1, -0.05) is 13.3 Å². The van der Waals surface area contributed by atoms with Crippen LogP contribution in [0.4, 0.5) is 0 Å². The van der Waals surface area contributed by atoms with Crippen molar-refractivity contribution in [1.29, 1.82) is 0 Å². The molecule has 0 atom stereocenters. The number of unbranched alkanes of at least 4 members (excludes halogenated alkanes) is 2. The summed E-state index contributed by atoms with van der Waals surface area (Å²) in [5.41, 5.74) is 0. The van der Waals surface area contributed by atoms with Crippen LogP contribution in [0.15, 0.2) is 0 Å². The number of rotatable bonds is 8. The maximum absolute atomic E-state index is 11.3. The van der Waals surface area contributed by atoms with Crippen molar-refractivity contribution in [2.45, 2.75) is 39.0 Å². The van der Waals surface area contributed by atoms with Gasteiger partial charge in [0, 0.05) is 6.42 Å². The molecule has 0 radical (unpaired) electrons. The molecule has 0 unspecified atom stereocenters. The van der Waals surface area contributed by atoms with Crippen LogP contribution in [0.1, 0.15) is 39.0 Å². The van der Waals surface area contributed by atoms with E-state index in [9.17, 15) is 13.2 Å². The first-order valence-corrected chi connectivity index (χ1v) is 6.72. The van der Waals surface area contributed by atoms with Gasteiger partial charge in [0.2, 0.25) is 0 Å². The number of hydrogen-bond acceptors (Lipinski definition) is 3. The summed E-state index contributed by atoms with van der Waals surface area (Å²) in [6, 6.07) is 0. The highest BCUT2D eigenvalue weighted by molar-refractivity contribution is 7.91. The van der Waals surface area contributed by atoms with Crippen LogP contribution in [0.3, 0.4) is 0 Å². The molecule has 14 heavy (non-hydrogen) atoms. The van der Waals surface area contributed by atoms with E-state index in [1.807, 2.05) is 6.92 Å². The third kappa shape index (κ3) is 8.04. The zero-order valence-corrected chi connectivity index (χ0v) is 9.35. The van der Waals surface area contributed by atoms with Crippen LogP contribution >= 0.6 is 0 Å². The highest BCUT2D eigenvalue weighted by atomic mass is 32.2. The molecular formula is C9H18O4S. The molecule has 0 aliphatic heterocycles. The van der Waals surface area contributed by atoms with Crippen molar-refractivity contribution in [2.24, 2.45) is 0 Å². The van der Waals surface area contributed by atoms with Crippen LogP contribution in [-0.4, -0.2) is 31.0 Å². The highest BCUT2D eigenvalue weighted by Gasteiger charge is 2.09. The number of carboxylic acid groups (broad SMARTS) is 1. The molecular weight excluding hydrogens is 204 g/mol. The van der Waals surface area contributed by atoms with Gasteiger partial charge in [-0.2, -0.15) is 0 Å². The zero-order chi connectivity index (χ0) is 11.0. The Labute approximate surface area is 85.2 Å². The van der Waals surface area contributed by atoms with Gasteiger partial charge >= 0.3 is 5.97 Å². The molecule has 0 aromatic heterocycles. The molecule has 5 heteroatoms. The van der Waals surface area contributed by atoms with E-state index in [-0.39, 0.29) is 17.9 Å². The molecule has 0 aliphatic rings. The van der Waals surface area contributed by atoms with E-state index in [4.69, 9.17) is 5.11 Å². The molecule has 0 heterocycles. The monoisotopic (exact) mass is 222 g/mol. The Balaban J connectivity index is 3.61. The van der Waals surface area contributed by atoms with Crippen molar-refractivity contribution >= 4 is 15.8 Å². The van der Waals surface area contributed by atoms with Crippen molar-refractivity contribution in [2.75, 3.05) is 11.5 Å². The van der Waals surface area contributed by atoms with E-state index < -0.39 is 15.8 Å². The minimum Gasteiger partial charge on any atom is -0.481 e. The number of sulfone groups is 1. The predicted molar refractivity (Wildman–Crippen MR) is 55.0 cm³/mol. The van der Waals surface area contributed by atoms with E-state index >= 15 is 0 Å². The largest absolute Gasteiger partial charge is 0.481 e. The molecule has 0 saturated heterocycles. The summed E-state index contributed by atoms with van der Waals surface area (Å²) in [7, 11) is -2.93. The van der Waals surface area contributed by atoms with E-state index in [2.05, 4.69) is 0 Å². The fourth-order valence-electron chi connectivity index (χ4n) is 1.06. The van der Waals surface area contributed by atoms with Gasteiger partial charge < -0.3 is 5.11 Å². The van der Waals surface area contributed by atoms with Crippen molar-refractivity contribution in [3.8, 4) is 0 Å². The summed E-state index contributed by atoms with van der Waals surface area (Å²) in [5.74, 6) is -0.507. The summed E-state index contributed by atoms with van der Waals surface area (Å²) < 4.78 is 22.6. The van der Waals surface area contributed by atoms with Crippen LogP contribution in [0, 0.1) is 0 Å². The van der Waals surface area contributed by atoms with E-state index in [1.54, 1.807) is 0 Å². The molecule has 0 spiro atoms. The molecule has 0 saturated carbocycles. The second-order valence-corrected chi connectivity index (χ2v) is 5.66. The van der Waals surface area contributed by atoms with Gasteiger partial charge in [-0.25, -0.2) is 8.42 Å². The third-order valence-electron chi connectivity index (χ3n) is 1.90. The van der Waals surface area contributed by atoms with Gasteiger partial charge in [0.25, 0.3) is 0 Å². The average molecular weight is 222 g/mol. The first kappa shape index (κ1) is 13.4. The third-order valence-corrected chi connectivity index (χ3v) is 3.73. The van der Waals surface area contributed by atoms with Gasteiger partial charge in [-0.15, -0.1) is 0 Å². The fraction of sp³-hybridized carbons (Fsp3) is 0.889. The smallest absolute Gasteiger partial charge is 0.303 e. The standard InChI is InChI=1S/C9H18O4S/c1-2-3-7-14(12,13)8-5-4-6-9(10)11/h2-8H2,1H3,(H,10,11). The maximum Gasteiger partial charge on any atom is 0.303 e. The quantitative estimate of drug-likeness (QED) is 0.631. The Kier molecular flexibility index (Phi) is 6.53. The minimum atomic E-state index is -2.93. The van der Waals surface area contributed by atoms with Crippen LogP contribution in [0.2, 0.25) is 0 Å². The number of hydrogen-bond donors (Lipinski definition) is 1. The lowest BCUT2D eigenvalue weighted by atomic mass is 10.2. The molecule has 0 aliphatic carbocycles. The molecule has 4 nitrogen and oxygen atoms in total. The minimum absolute atomic E-state index is 0.0588. The second kappa shape index (κ2) is 6.81. The number of carboxylic acids is 1. The molecule has 0 fully saturated rings. The van der Waals surface area contributed by atoms with E-state index in [0.717, 1.165) is 6.42 Å². The van der Waals surface area contributed by atoms with Gasteiger partial charge in [0.05, 0.1) is 11.5 Å². The molecule has 0 aromatic carbocycles. The van der Waals surface area contributed by atoms with E-state index in [0.29, 0.717) is 19.3 Å². The summed E-state index contributed by atoms with van der Waals surface area (Å²) in [4.78, 5) is 10.1. The lowest BCUT2D eigenvalue weighted by molar-refractivity contribution is -0.137. The van der Waals surface area contributed by atoms with Crippen molar-refractivity contribution in [3.05, 3.63) is 0 Å². The Morgan fingerprint density at radius 2 is 1.71 bits per heavy atom. The van der Waals surface area contributed by atoms with Crippen molar-refractivity contribution < 1.29 is 18.3 Å². The molecule has 0 bridgehead atoms. The van der Waals surface area contributed by atoms with Crippen LogP contribution < -0.4 is 0 Å². The predicted octanol–water partition coefficient (Wildman–Crippen LogP) is 1.46. The Morgan fingerprint density at radius 1 is 1.14 bits per heavy atom. The molecule has 0 rings (SSSR count). The Morgan fingerprint density at radius 3 is 2.21 bits per heavy atom. The van der Waals surface area contributed by atoms with Crippen LogP contribution in [-0.2, 0) is 14.6 Å². The summed E-state index contributed by atoms with van der Waals surface area (Å²) in [5, 5.41) is 8.33. The van der Waals surface area contributed by atoms with Gasteiger partial charge in [0.15, 0.2) is 0 Å². The van der Waals surface area contributed by atoms with Crippen molar-refractivity contribution in [3.63, 3.8) is 0 Å². The Bertz CT molecular complexity index is 256. The summed E-state index contributed by atoms with van der Waals surface area (Å²) in [6.07, 6.45) is 2.53. The second-order valence-electron chi connectivity index (χ2n) is 3.36. The Hall–Kier alpha value is -0.580. The SMILES string of the molecule is CCCCS(=O)(=O)CCCCC(=O)O. The lowest BCUT2D eigenvalue weighted by Gasteiger charge is -2.01. The van der Waals surface area contributed by atoms with Crippen LogP contribution in [0.25, 0.3) is 0 Å². The number of carbonyl (C=O) groups is 1. The van der Waals surface area contributed by atoms with Gasteiger partial charge in [0.1, 0.15) is 9.84 Å². The number of aliphatic carboxylic acids is 1. The van der Waals surface area contributed by atoms with E-state index in [1.165, 1.54) is 0 Å². The first-order chi connectivity index (χ1) is 6.48. The maximum atomic E-state index is 11.3. The van der Waals surface area contributed by atoms with Crippen molar-refractivity contribution in [1.82, 2.24) is 0 Å². The van der Waals surface area contributed by atoms with Gasteiger partial charge in [-0.3, -0.25) is 4.79 Å². The zero-order valence-electron chi connectivity index (χ0n) is 8.53. The lowest BCUT2D eigenvalue weighted by Crippen LogP contribution is -2.11.